The van der Waals surface area contributed by atoms with Crippen molar-refractivity contribution in [3.8, 4) is 0 Å². The van der Waals surface area contributed by atoms with Crippen molar-refractivity contribution >= 4 is 29.6 Å². The van der Waals surface area contributed by atoms with Crippen molar-refractivity contribution in [2.75, 3.05) is 7.05 Å². The Morgan fingerprint density at radius 2 is 2.00 bits per heavy atom. The fourth-order valence-electron chi connectivity index (χ4n) is 1.25. The van der Waals surface area contributed by atoms with E-state index in [1.807, 2.05) is 0 Å². The van der Waals surface area contributed by atoms with Crippen molar-refractivity contribution in [1.29, 1.82) is 0 Å². The van der Waals surface area contributed by atoms with Gasteiger partial charge in [0.05, 0.1) is 0 Å². The van der Waals surface area contributed by atoms with E-state index in [2.05, 4.69) is 0 Å². The van der Waals surface area contributed by atoms with Crippen LogP contribution >= 0.6 is 11.6 Å². The van der Waals surface area contributed by atoms with Gasteiger partial charge < -0.3 is 10.0 Å². The van der Waals surface area contributed by atoms with Crippen LogP contribution in [0.1, 0.15) is 12.5 Å². The molecule has 0 fully saturated rings. The molecule has 1 unspecified atom stereocenters. The third kappa shape index (κ3) is 3.60. The highest BCUT2D eigenvalue weighted by molar-refractivity contribution is 6.32. The van der Waals surface area contributed by atoms with Crippen LogP contribution in [-0.4, -0.2) is 35.0 Å². The summed E-state index contributed by atoms with van der Waals surface area (Å²) >= 11 is 5.93. The van der Waals surface area contributed by atoms with Crippen molar-refractivity contribution in [2.24, 2.45) is 0 Å². The number of aliphatic carboxylic acids is 1. The van der Waals surface area contributed by atoms with E-state index in [0.29, 0.717) is 10.6 Å². The number of hydrogen-bond donors (Lipinski definition) is 1. The maximum Gasteiger partial charge on any atom is 0.326 e. The molecule has 18 heavy (non-hydrogen) atoms. The number of halogens is 1. The van der Waals surface area contributed by atoms with E-state index in [-0.39, 0.29) is 5.91 Å². The summed E-state index contributed by atoms with van der Waals surface area (Å²) in [5, 5.41) is 9.33. The normalized spacial score (nSPS) is 12.4. The minimum Gasteiger partial charge on any atom is -0.480 e. The Hall–Kier alpha value is -1.81. The lowest BCUT2D eigenvalue weighted by atomic mass is 10.2. The predicted octanol–water partition coefficient (Wildman–Crippen LogP) is 2.28. The monoisotopic (exact) mass is 267 g/mol. The van der Waals surface area contributed by atoms with Gasteiger partial charge in [0, 0.05) is 18.1 Å². The largest absolute Gasteiger partial charge is 0.480 e. The molecule has 1 aromatic carbocycles. The molecule has 96 valence electrons. The number of carbonyl (C=O) groups is 2. The second-order valence-corrected chi connectivity index (χ2v) is 4.23. The Kier molecular flexibility index (Phi) is 4.92. The molecule has 1 N–H and O–H groups in total. The van der Waals surface area contributed by atoms with Crippen LogP contribution in [0.15, 0.2) is 30.3 Å². The Bertz CT molecular complexity index is 485. The van der Waals surface area contributed by atoms with E-state index in [0.717, 1.165) is 4.90 Å². The van der Waals surface area contributed by atoms with E-state index in [1.54, 1.807) is 30.3 Å². The van der Waals surface area contributed by atoms with Gasteiger partial charge in [-0.15, -0.1) is 0 Å². The first kappa shape index (κ1) is 14.3. The summed E-state index contributed by atoms with van der Waals surface area (Å²) in [4.78, 5) is 23.6. The SMILES string of the molecule is CC(C(=O)O)N(C)C(=O)C=Cc1ccccc1Cl. The van der Waals surface area contributed by atoms with Crippen LogP contribution in [0.25, 0.3) is 6.08 Å². The Morgan fingerprint density at radius 1 is 1.39 bits per heavy atom. The van der Waals surface area contributed by atoms with Crippen LogP contribution < -0.4 is 0 Å². The van der Waals surface area contributed by atoms with Crippen LogP contribution in [0.3, 0.4) is 0 Å². The predicted molar refractivity (Wildman–Crippen MR) is 70.4 cm³/mol. The molecule has 1 rings (SSSR count). The third-order valence-corrected chi connectivity index (χ3v) is 2.94. The molecule has 0 aliphatic carbocycles. The summed E-state index contributed by atoms with van der Waals surface area (Å²) in [5.41, 5.74) is 0.712. The van der Waals surface area contributed by atoms with Gasteiger partial charge in [0.1, 0.15) is 6.04 Å². The van der Waals surface area contributed by atoms with Crippen molar-refractivity contribution in [3.05, 3.63) is 40.9 Å². The first-order chi connectivity index (χ1) is 8.43. The maximum absolute atomic E-state index is 11.7. The van der Waals surface area contributed by atoms with Gasteiger partial charge in [-0.25, -0.2) is 4.79 Å². The number of likely N-dealkylation sites (N-methyl/N-ethyl adjacent to an activating group) is 1. The molecule has 0 spiro atoms. The number of rotatable bonds is 4. The summed E-state index contributed by atoms with van der Waals surface area (Å²) in [6, 6.07) is 6.22. The van der Waals surface area contributed by atoms with Gasteiger partial charge in [-0.1, -0.05) is 29.8 Å². The molecule has 0 aliphatic heterocycles. The fourth-order valence-corrected chi connectivity index (χ4v) is 1.44. The lowest BCUT2D eigenvalue weighted by Gasteiger charge is -2.19. The van der Waals surface area contributed by atoms with E-state index >= 15 is 0 Å². The summed E-state index contributed by atoms with van der Waals surface area (Å²) in [6.45, 7) is 1.45. The number of amides is 1. The van der Waals surface area contributed by atoms with Crippen LogP contribution in [0, 0.1) is 0 Å². The van der Waals surface area contributed by atoms with E-state index in [1.165, 1.54) is 20.0 Å². The van der Waals surface area contributed by atoms with Crippen LogP contribution in [0.2, 0.25) is 5.02 Å². The van der Waals surface area contributed by atoms with Gasteiger partial charge in [-0.2, -0.15) is 0 Å². The highest BCUT2D eigenvalue weighted by atomic mass is 35.5. The summed E-state index contributed by atoms with van der Waals surface area (Å²) < 4.78 is 0. The average molecular weight is 268 g/mol. The van der Waals surface area contributed by atoms with Gasteiger partial charge in [0.15, 0.2) is 0 Å². The molecular weight excluding hydrogens is 254 g/mol. The Morgan fingerprint density at radius 3 is 2.56 bits per heavy atom. The molecule has 0 aromatic heterocycles. The first-order valence-corrected chi connectivity index (χ1v) is 5.73. The third-order valence-electron chi connectivity index (χ3n) is 2.60. The molecule has 1 amide bonds. The number of nitrogens with zero attached hydrogens (tertiary/aromatic N) is 1. The van der Waals surface area contributed by atoms with Crippen molar-refractivity contribution < 1.29 is 14.7 Å². The molecule has 1 aromatic rings. The molecule has 0 saturated carbocycles. The van der Waals surface area contributed by atoms with E-state index < -0.39 is 12.0 Å². The van der Waals surface area contributed by atoms with E-state index in [9.17, 15) is 9.59 Å². The average Bonchev–Trinajstić information content (AvgIpc) is 2.35. The topological polar surface area (TPSA) is 57.6 Å². The van der Waals surface area contributed by atoms with Crippen LogP contribution in [0.5, 0.6) is 0 Å². The highest BCUT2D eigenvalue weighted by Gasteiger charge is 2.19. The Balaban J connectivity index is 2.76. The zero-order chi connectivity index (χ0) is 13.7. The van der Waals surface area contributed by atoms with Gasteiger partial charge in [0.25, 0.3) is 0 Å². The van der Waals surface area contributed by atoms with Gasteiger partial charge in [-0.3, -0.25) is 4.79 Å². The van der Waals surface area contributed by atoms with Gasteiger partial charge in [0.2, 0.25) is 5.91 Å². The molecule has 0 radical (unpaired) electrons. The maximum atomic E-state index is 11.7. The summed E-state index contributed by atoms with van der Waals surface area (Å²) in [5.74, 6) is -1.43. The lowest BCUT2D eigenvalue weighted by Crippen LogP contribution is -2.39. The zero-order valence-corrected chi connectivity index (χ0v) is 10.9. The smallest absolute Gasteiger partial charge is 0.326 e. The van der Waals surface area contributed by atoms with E-state index in [4.69, 9.17) is 16.7 Å². The molecule has 0 heterocycles. The lowest BCUT2D eigenvalue weighted by molar-refractivity contribution is -0.146. The molecule has 0 aliphatic rings. The van der Waals surface area contributed by atoms with Crippen molar-refractivity contribution in [3.63, 3.8) is 0 Å². The van der Waals surface area contributed by atoms with Crippen molar-refractivity contribution in [2.45, 2.75) is 13.0 Å². The second-order valence-electron chi connectivity index (χ2n) is 3.82. The molecule has 1 atom stereocenters. The molecular formula is C13H14ClNO3. The standard InChI is InChI=1S/C13H14ClNO3/c1-9(13(17)18)15(2)12(16)8-7-10-5-3-4-6-11(10)14/h3-9H,1-2H3,(H,17,18). The van der Waals surface area contributed by atoms with Crippen molar-refractivity contribution in [1.82, 2.24) is 4.90 Å². The molecule has 0 bridgehead atoms. The minimum atomic E-state index is -1.04. The highest BCUT2D eigenvalue weighted by Crippen LogP contribution is 2.16. The fraction of sp³-hybridized carbons (Fsp3) is 0.231. The number of carboxylic acids is 1. The number of benzene rings is 1. The van der Waals surface area contributed by atoms with Gasteiger partial charge >= 0.3 is 5.97 Å². The number of carbonyl (C=O) groups excluding carboxylic acids is 1. The number of carboxylic acid groups (broad SMARTS) is 1. The first-order valence-electron chi connectivity index (χ1n) is 5.35. The minimum absolute atomic E-state index is 0.384. The second kappa shape index (κ2) is 6.21. The molecule has 0 saturated heterocycles. The molecule has 5 heteroatoms. The zero-order valence-electron chi connectivity index (χ0n) is 10.1. The Labute approximate surface area is 110 Å². The van der Waals surface area contributed by atoms with Gasteiger partial charge in [-0.05, 0) is 24.6 Å². The molecule has 4 nitrogen and oxygen atoms in total. The quantitative estimate of drug-likeness (QED) is 0.852. The van der Waals surface area contributed by atoms with Crippen LogP contribution in [-0.2, 0) is 9.59 Å². The number of hydrogen-bond acceptors (Lipinski definition) is 2. The summed E-state index contributed by atoms with van der Waals surface area (Å²) in [6.07, 6.45) is 2.87. The van der Waals surface area contributed by atoms with Crippen LogP contribution in [0.4, 0.5) is 0 Å². The summed E-state index contributed by atoms with van der Waals surface area (Å²) in [7, 11) is 1.44.